The first-order valence-corrected chi connectivity index (χ1v) is 8.86. The van der Waals surface area contributed by atoms with Crippen LogP contribution in [0.1, 0.15) is 12.0 Å². The van der Waals surface area contributed by atoms with Gasteiger partial charge in [0.05, 0.1) is 10.8 Å². The monoisotopic (exact) mass is 319 g/mol. The normalized spacial score (nSPS) is 14.3. The summed E-state index contributed by atoms with van der Waals surface area (Å²) in [6, 6.07) is 3.72. The quantitative estimate of drug-likeness (QED) is 0.807. The molecule has 1 heterocycles. The van der Waals surface area contributed by atoms with Gasteiger partial charge >= 0.3 is 0 Å². The first-order valence-electron chi connectivity index (χ1n) is 6.42. The molecule has 0 bridgehead atoms. The van der Waals surface area contributed by atoms with E-state index in [0.29, 0.717) is 49.2 Å². The summed E-state index contributed by atoms with van der Waals surface area (Å²) in [5.74, 6) is 1.46. The summed E-state index contributed by atoms with van der Waals surface area (Å²) in [6.07, 6.45) is 1.84. The van der Waals surface area contributed by atoms with E-state index in [1.165, 1.54) is 6.26 Å². The topological polar surface area (TPSA) is 64.6 Å². The summed E-state index contributed by atoms with van der Waals surface area (Å²) in [5.41, 5.74) is 0.985. The Hall–Kier alpha value is -0.980. The van der Waals surface area contributed by atoms with Gasteiger partial charge in [0, 0.05) is 12.8 Å². The third kappa shape index (κ3) is 4.54. The lowest BCUT2D eigenvalue weighted by molar-refractivity contribution is 0.171. The number of halogens is 1. The van der Waals surface area contributed by atoms with Crippen molar-refractivity contribution in [3.05, 3.63) is 22.7 Å². The van der Waals surface area contributed by atoms with E-state index in [2.05, 4.69) is 5.32 Å². The van der Waals surface area contributed by atoms with Gasteiger partial charge < -0.3 is 14.8 Å². The molecule has 0 fully saturated rings. The van der Waals surface area contributed by atoms with Crippen LogP contribution < -0.4 is 14.8 Å². The number of hydrogen-bond donors (Lipinski definition) is 1. The second kappa shape index (κ2) is 6.65. The van der Waals surface area contributed by atoms with Crippen molar-refractivity contribution in [1.29, 1.82) is 0 Å². The molecule has 1 aromatic rings. The van der Waals surface area contributed by atoms with Crippen molar-refractivity contribution >= 4 is 21.4 Å². The maximum Gasteiger partial charge on any atom is 0.179 e. The van der Waals surface area contributed by atoms with Crippen LogP contribution in [0.4, 0.5) is 0 Å². The number of fused-ring (bicyclic) bond motifs is 1. The summed E-state index contributed by atoms with van der Waals surface area (Å²) in [5, 5.41) is 3.73. The van der Waals surface area contributed by atoms with Crippen LogP contribution in [0.25, 0.3) is 0 Å². The number of sulfone groups is 1. The Kier molecular flexibility index (Phi) is 5.12. The van der Waals surface area contributed by atoms with Gasteiger partial charge in [0.2, 0.25) is 0 Å². The van der Waals surface area contributed by atoms with Gasteiger partial charge in [0.1, 0.15) is 23.1 Å². The van der Waals surface area contributed by atoms with Gasteiger partial charge in [-0.2, -0.15) is 0 Å². The van der Waals surface area contributed by atoms with E-state index in [4.69, 9.17) is 21.1 Å². The van der Waals surface area contributed by atoms with Gasteiger partial charge in [-0.1, -0.05) is 11.6 Å². The minimum absolute atomic E-state index is 0.196. The van der Waals surface area contributed by atoms with Crippen molar-refractivity contribution in [2.45, 2.75) is 13.0 Å². The molecule has 112 valence electrons. The second-order valence-electron chi connectivity index (χ2n) is 4.76. The molecule has 1 aromatic carbocycles. The highest BCUT2D eigenvalue weighted by atomic mass is 35.5. The summed E-state index contributed by atoms with van der Waals surface area (Å²) < 4.78 is 32.9. The molecule has 0 saturated heterocycles. The third-order valence-electron chi connectivity index (χ3n) is 2.85. The molecule has 0 aliphatic carbocycles. The second-order valence-corrected chi connectivity index (χ2v) is 7.43. The molecule has 0 aromatic heterocycles. The van der Waals surface area contributed by atoms with Crippen molar-refractivity contribution < 1.29 is 17.9 Å². The number of benzene rings is 1. The lowest BCUT2D eigenvalue weighted by Gasteiger charge is -2.20. The van der Waals surface area contributed by atoms with E-state index in [-0.39, 0.29) is 5.75 Å². The van der Waals surface area contributed by atoms with Gasteiger partial charge in [0.15, 0.2) is 11.5 Å². The SMILES string of the molecule is CS(=O)(=O)CCCNCc1cc(Cl)c2c(c1)OCCO2. The molecule has 1 N–H and O–H groups in total. The van der Waals surface area contributed by atoms with Crippen LogP contribution in [0.2, 0.25) is 5.02 Å². The fraction of sp³-hybridized carbons (Fsp3) is 0.538. The molecule has 7 heteroatoms. The zero-order valence-electron chi connectivity index (χ0n) is 11.3. The van der Waals surface area contributed by atoms with Crippen molar-refractivity contribution in [2.75, 3.05) is 31.8 Å². The average Bonchev–Trinajstić information content (AvgIpc) is 2.37. The number of hydrogen-bond acceptors (Lipinski definition) is 5. The third-order valence-corrected chi connectivity index (χ3v) is 4.17. The number of nitrogens with one attached hydrogen (secondary N) is 1. The number of rotatable bonds is 6. The van der Waals surface area contributed by atoms with E-state index >= 15 is 0 Å². The summed E-state index contributed by atoms with van der Waals surface area (Å²) in [4.78, 5) is 0. The van der Waals surface area contributed by atoms with Crippen molar-refractivity contribution in [1.82, 2.24) is 5.32 Å². The zero-order chi connectivity index (χ0) is 14.6. The maximum atomic E-state index is 11.0. The smallest absolute Gasteiger partial charge is 0.179 e. The highest BCUT2D eigenvalue weighted by Gasteiger charge is 2.16. The van der Waals surface area contributed by atoms with Crippen LogP contribution in [-0.4, -0.2) is 40.2 Å². The molecule has 0 spiro atoms. The highest BCUT2D eigenvalue weighted by molar-refractivity contribution is 7.90. The minimum atomic E-state index is -2.89. The molecule has 1 aliphatic heterocycles. The van der Waals surface area contributed by atoms with Gasteiger partial charge in [0.25, 0.3) is 0 Å². The molecule has 20 heavy (non-hydrogen) atoms. The standard InChI is InChI=1S/C13H18ClNO4S/c1-20(16,17)6-2-3-15-9-10-7-11(14)13-12(8-10)18-4-5-19-13/h7-8,15H,2-6,9H2,1H3. The fourth-order valence-electron chi connectivity index (χ4n) is 1.96. The summed E-state index contributed by atoms with van der Waals surface area (Å²) in [6.45, 7) is 2.28. The van der Waals surface area contributed by atoms with E-state index in [0.717, 1.165) is 5.56 Å². The predicted molar refractivity (Wildman–Crippen MR) is 78.5 cm³/mol. The van der Waals surface area contributed by atoms with Crippen LogP contribution in [0, 0.1) is 0 Å². The first kappa shape index (κ1) is 15.4. The molecule has 1 aliphatic rings. The van der Waals surface area contributed by atoms with Gasteiger partial charge in [-0.05, 0) is 30.7 Å². The summed E-state index contributed by atoms with van der Waals surface area (Å²) in [7, 11) is -2.89. The van der Waals surface area contributed by atoms with Gasteiger partial charge in [-0.3, -0.25) is 0 Å². The van der Waals surface area contributed by atoms with E-state index in [1.54, 1.807) is 0 Å². The Morgan fingerprint density at radius 3 is 2.80 bits per heavy atom. The van der Waals surface area contributed by atoms with Gasteiger partial charge in [-0.25, -0.2) is 8.42 Å². The molecule has 5 nitrogen and oxygen atoms in total. The van der Waals surface area contributed by atoms with E-state index < -0.39 is 9.84 Å². The summed E-state index contributed by atoms with van der Waals surface area (Å²) >= 11 is 6.14. The molecule has 2 rings (SSSR count). The zero-order valence-corrected chi connectivity index (χ0v) is 12.9. The Bertz CT molecular complexity index is 574. The predicted octanol–water partition coefficient (Wildman–Crippen LogP) is 1.64. The molecular formula is C13H18ClNO4S. The van der Waals surface area contributed by atoms with Gasteiger partial charge in [-0.15, -0.1) is 0 Å². The lowest BCUT2D eigenvalue weighted by Crippen LogP contribution is -2.19. The minimum Gasteiger partial charge on any atom is -0.486 e. The Labute approximate surface area is 124 Å². The van der Waals surface area contributed by atoms with Crippen LogP contribution in [-0.2, 0) is 16.4 Å². The molecule has 0 radical (unpaired) electrons. The highest BCUT2D eigenvalue weighted by Crippen LogP contribution is 2.38. The van der Waals surface area contributed by atoms with Crippen molar-refractivity contribution in [3.63, 3.8) is 0 Å². The molecule has 0 atom stereocenters. The van der Waals surface area contributed by atoms with Crippen LogP contribution in [0.15, 0.2) is 12.1 Å². The lowest BCUT2D eigenvalue weighted by atomic mass is 10.2. The fourth-order valence-corrected chi connectivity index (χ4v) is 2.91. The molecular weight excluding hydrogens is 302 g/mol. The van der Waals surface area contributed by atoms with Crippen LogP contribution >= 0.6 is 11.6 Å². The average molecular weight is 320 g/mol. The van der Waals surface area contributed by atoms with E-state index in [1.807, 2.05) is 12.1 Å². The Morgan fingerprint density at radius 2 is 2.05 bits per heavy atom. The number of ether oxygens (including phenoxy) is 2. The Balaban J connectivity index is 1.86. The molecule has 0 unspecified atom stereocenters. The van der Waals surface area contributed by atoms with Crippen molar-refractivity contribution in [2.24, 2.45) is 0 Å². The van der Waals surface area contributed by atoms with Crippen LogP contribution in [0.3, 0.4) is 0 Å². The Morgan fingerprint density at radius 1 is 1.30 bits per heavy atom. The molecule has 0 saturated carbocycles. The largest absolute Gasteiger partial charge is 0.486 e. The maximum absolute atomic E-state index is 11.0. The van der Waals surface area contributed by atoms with Crippen LogP contribution in [0.5, 0.6) is 11.5 Å². The van der Waals surface area contributed by atoms with E-state index in [9.17, 15) is 8.42 Å². The molecule has 0 amide bonds. The first-order chi connectivity index (χ1) is 9.46. The van der Waals surface area contributed by atoms with Crippen molar-refractivity contribution in [3.8, 4) is 11.5 Å².